The third kappa shape index (κ3) is 2.61. The first-order valence-corrected chi connectivity index (χ1v) is 9.89. The molecule has 0 aliphatic heterocycles. The lowest BCUT2D eigenvalue weighted by Crippen LogP contribution is -1.86. The number of nitrogens with zero attached hydrogens (tertiary/aromatic N) is 5. The summed E-state index contributed by atoms with van der Waals surface area (Å²) in [7, 11) is 0. The van der Waals surface area contributed by atoms with Crippen LogP contribution in [0.25, 0.3) is 55.4 Å². The van der Waals surface area contributed by atoms with Gasteiger partial charge in [0.15, 0.2) is 11.5 Å². The van der Waals surface area contributed by atoms with Gasteiger partial charge in [0.05, 0.1) is 21.5 Å². The average molecular weight is 395 g/mol. The van der Waals surface area contributed by atoms with Gasteiger partial charge in [0.1, 0.15) is 16.9 Å². The Labute approximate surface area is 168 Å². The average Bonchev–Trinajstić information content (AvgIpc) is 3.52. The number of thiophene rings is 1. The largest absolute Gasteiger partial charge is 0.337 e. The summed E-state index contributed by atoms with van der Waals surface area (Å²) in [4.78, 5) is 22.8. The lowest BCUT2D eigenvalue weighted by molar-refractivity contribution is 1.09. The van der Waals surface area contributed by atoms with E-state index in [0.717, 1.165) is 43.9 Å². The van der Waals surface area contributed by atoms with Gasteiger partial charge in [-0.05, 0) is 35.7 Å². The Morgan fingerprint density at radius 1 is 0.931 bits per heavy atom. The first-order valence-electron chi connectivity index (χ1n) is 9.01. The van der Waals surface area contributed by atoms with E-state index in [1.165, 1.54) is 0 Å². The molecule has 6 aromatic heterocycles. The molecule has 138 valence electrons. The summed E-state index contributed by atoms with van der Waals surface area (Å²) in [5, 5.41) is 10.3. The van der Waals surface area contributed by atoms with Gasteiger partial charge >= 0.3 is 0 Å². The summed E-state index contributed by atoms with van der Waals surface area (Å²) < 4.78 is 0. The zero-order chi connectivity index (χ0) is 19.2. The van der Waals surface area contributed by atoms with Gasteiger partial charge in [-0.25, -0.2) is 9.97 Å². The van der Waals surface area contributed by atoms with Gasteiger partial charge in [-0.2, -0.15) is 5.10 Å². The minimum atomic E-state index is 0.636. The maximum atomic E-state index is 4.84. The van der Waals surface area contributed by atoms with Crippen LogP contribution in [0, 0.1) is 0 Å². The fraction of sp³-hybridized carbons (Fsp3) is 0. The summed E-state index contributed by atoms with van der Waals surface area (Å²) in [5.41, 5.74) is 5.85. The molecule has 6 aromatic rings. The molecule has 0 bridgehead atoms. The monoisotopic (exact) mass is 395 g/mol. The van der Waals surface area contributed by atoms with Crippen LogP contribution in [-0.4, -0.2) is 35.1 Å². The standard InChI is InChI=1S/C21H13N7S/c1-2-7-22-14(4-1)12-10-13-17(27-28-20(13)24-11-12)21-25-15-6-8-23-19(18(15)26-21)16-5-3-9-29-16/h1-11H,(H,25,26)(H,24,27,28). The van der Waals surface area contributed by atoms with E-state index in [1.807, 2.05) is 41.8 Å². The van der Waals surface area contributed by atoms with E-state index in [1.54, 1.807) is 29.9 Å². The van der Waals surface area contributed by atoms with E-state index in [2.05, 4.69) is 36.2 Å². The number of hydrogen-bond donors (Lipinski definition) is 2. The molecule has 0 unspecified atom stereocenters. The second kappa shape index (κ2) is 6.32. The van der Waals surface area contributed by atoms with Crippen LogP contribution in [0.4, 0.5) is 0 Å². The second-order valence-corrected chi connectivity index (χ2v) is 7.47. The van der Waals surface area contributed by atoms with E-state index in [-0.39, 0.29) is 0 Å². The molecule has 6 heterocycles. The highest BCUT2D eigenvalue weighted by atomic mass is 32.1. The highest BCUT2D eigenvalue weighted by molar-refractivity contribution is 7.13. The van der Waals surface area contributed by atoms with E-state index < -0.39 is 0 Å². The summed E-state index contributed by atoms with van der Waals surface area (Å²) >= 11 is 1.65. The van der Waals surface area contributed by atoms with E-state index in [9.17, 15) is 0 Å². The molecule has 7 nitrogen and oxygen atoms in total. The van der Waals surface area contributed by atoms with Crippen molar-refractivity contribution in [3.63, 3.8) is 0 Å². The molecule has 6 rings (SSSR count). The molecule has 8 heteroatoms. The fourth-order valence-corrected chi connectivity index (χ4v) is 4.12. The number of hydrogen-bond acceptors (Lipinski definition) is 6. The Bertz CT molecular complexity index is 1450. The molecule has 0 aliphatic rings. The van der Waals surface area contributed by atoms with Crippen molar-refractivity contribution in [3.05, 3.63) is 66.4 Å². The summed E-state index contributed by atoms with van der Waals surface area (Å²) in [6.45, 7) is 0. The molecule has 0 spiro atoms. The lowest BCUT2D eigenvalue weighted by Gasteiger charge is -2.00. The Morgan fingerprint density at radius 3 is 2.79 bits per heavy atom. The van der Waals surface area contributed by atoms with Gasteiger partial charge < -0.3 is 4.98 Å². The summed E-state index contributed by atoms with van der Waals surface area (Å²) in [6.07, 6.45) is 5.35. The van der Waals surface area contributed by atoms with Crippen LogP contribution in [0.1, 0.15) is 0 Å². The number of nitrogens with one attached hydrogen (secondary N) is 2. The number of imidazole rings is 1. The number of rotatable bonds is 3. The van der Waals surface area contributed by atoms with Gasteiger partial charge in [-0.1, -0.05) is 12.1 Å². The molecule has 2 N–H and O–H groups in total. The van der Waals surface area contributed by atoms with Gasteiger partial charge in [-0.3, -0.25) is 15.1 Å². The normalized spacial score (nSPS) is 11.4. The van der Waals surface area contributed by atoms with Crippen molar-refractivity contribution in [1.29, 1.82) is 0 Å². The van der Waals surface area contributed by atoms with Gasteiger partial charge in [0, 0.05) is 24.2 Å². The number of pyridine rings is 3. The smallest absolute Gasteiger partial charge is 0.181 e. The molecule has 0 fully saturated rings. The Hall–Kier alpha value is -3.91. The number of fused-ring (bicyclic) bond motifs is 2. The molecule has 0 radical (unpaired) electrons. The van der Waals surface area contributed by atoms with Crippen LogP contribution in [0.2, 0.25) is 0 Å². The topological polar surface area (TPSA) is 96.0 Å². The minimum Gasteiger partial charge on any atom is -0.337 e. The summed E-state index contributed by atoms with van der Waals surface area (Å²) in [6, 6.07) is 13.8. The number of aromatic nitrogens is 7. The number of H-pyrrole nitrogens is 2. The van der Waals surface area contributed by atoms with Crippen molar-refractivity contribution in [2.75, 3.05) is 0 Å². The molecule has 0 aromatic carbocycles. The molecular formula is C21H13N7S. The van der Waals surface area contributed by atoms with Crippen LogP contribution >= 0.6 is 11.3 Å². The highest BCUT2D eigenvalue weighted by Crippen LogP contribution is 2.32. The Kier molecular flexibility index (Phi) is 3.50. The van der Waals surface area contributed by atoms with Crippen molar-refractivity contribution in [2.45, 2.75) is 0 Å². The van der Waals surface area contributed by atoms with Crippen LogP contribution in [0.3, 0.4) is 0 Å². The second-order valence-electron chi connectivity index (χ2n) is 6.53. The third-order valence-corrected chi connectivity index (χ3v) is 5.64. The van der Waals surface area contributed by atoms with Gasteiger partial charge in [-0.15, -0.1) is 11.3 Å². The minimum absolute atomic E-state index is 0.636. The predicted octanol–water partition coefficient (Wildman–Crippen LogP) is 4.69. The maximum Gasteiger partial charge on any atom is 0.181 e. The van der Waals surface area contributed by atoms with Crippen molar-refractivity contribution in [1.82, 2.24) is 35.1 Å². The van der Waals surface area contributed by atoms with Crippen molar-refractivity contribution >= 4 is 33.4 Å². The van der Waals surface area contributed by atoms with Crippen molar-refractivity contribution in [3.8, 4) is 33.3 Å². The van der Waals surface area contributed by atoms with Gasteiger partial charge in [0.25, 0.3) is 0 Å². The van der Waals surface area contributed by atoms with Crippen LogP contribution in [-0.2, 0) is 0 Å². The van der Waals surface area contributed by atoms with E-state index in [4.69, 9.17) is 4.98 Å². The quantitative estimate of drug-likeness (QED) is 0.453. The molecule has 29 heavy (non-hydrogen) atoms. The van der Waals surface area contributed by atoms with Crippen molar-refractivity contribution in [2.24, 2.45) is 0 Å². The van der Waals surface area contributed by atoms with E-state index >= 15 is 0 Å². The Morgan fingerprint density at radius 2 is 1.93 bits per heavy atom. The van der Waals surface area contributed by atoms with Crippen LogP contribution < -0.4 is 0 Å². The van der Waals surface area contributed by atoms with Gasteiger partial charge in [0.2, 0.25) is 0 Å². The molecule has 0 atom stereocenters. The fourth-order valence-electron chi connectivity index (χ4n) is 3.40. The molecule has 0 aliphatic carbocycles. The first-order chi connectivity index (χ1) is 14.4. The van der Waals surface area contributed by atoms with Crippen LogP contribution in [0.5, 0.6) is 0 Å². The van der Waals surface area contributed by atoms with Crippen molar-refractivity contribution < 1.29 is 0 Å². The summed E-state index contributed by atoms with van der Waals surface area (Å²) in [5.74, 6) is 0.702. The number of aromatic amines is 2. The molecule has 0 amide bonds. The highest BCUT2D eigenvalue weighted by Gasteiger charge is 2.16. The predicted molar refractivity (Wildman–Crippen MR) is 113 cm³/mol. The first kappa shape index (κ1) is 16.1. The Balaban J connectivity index is 1.53. The van der Waals surface area contributed by atoms with E-state index in [0.29, 0.717) is 11.5 Å². The molecule has 0 saturated carbocycles. The zero-order valence-corrected chi connectivity index (χ0v) is 15.8. The third-order valence-electron chi connectivity index (χ3n) is 4.76. The maximum absolute atomic E-state index is 4.84. The lowest BCUT2D eigenvalue weighted by atomic mass is 10.1. The zero-order valence-electron chi connectivity index (χ0n) is 15.0. The molecular weight excluding hydrogens is 382 g/mol. The molecule has 0 saturated heterocycles. The SMILES string of the molecule is c1ccc(-c2cnc3n[nH]c(-c4nc5c(-c6cccs6)nccc5[nH]4)c3c2)nc1. The van der Waals surface area contributed by atoms with Crippen LogP contribution in [0.15, 0.2) is 66.4 Å².